The molecule has 32 heavy (non-hydrogen) atoms. The number of benzene rings is 3. The minimum absolute atomic E-state index is 0.00710. The number of esters is 1. The molecule has 0 amide bonds. The third-order valence-electron chi connectivity index (χ3n) is 4.59. The molecule has 3 aromatic rings. The smallest absolute Gasteiger partial charge is 0.341 e. The van der Waals surface area contributed by atoms with Crippen LogP contribution in [-0.2, 0) is 25.1 Å². The molecule has 1 N–H and O–H groups in total. The van der Waals surface area contributed by atoms with E-state index in [0.29, 0.717) is 0 Å². The van der Waals surface area contributed by atoms with Crippen molar-refractivity contribution in [2.75, 3.05) is 20.3 Å². The van der Waals surface area contributed by atoms with Crippen LogP contribution in [-0.4, -0.2) is 39.8 Å². The van der Waals surface area contributed by atoms with Gasteiger partial charge < -0.3 is 14.6 Å². The Labute approximate surface area is 184 Å². The van der Waals surface area contributed by atoms with Gasteiger partial charge in [0.1, 0.15) is 29.6 Å². The molecule has 0 spiro atoms. The highest BCUT2D eigenvalue weighted by Gasteiger charge is 2.19. The predicted molar refractivity (Wildman–Crippen MR) is 113 cm³/mol. The van der Waals surface area contributed by atoms with Gasteiger partial charge >= 0.3 is 5.97 Å². The Kier molecular flexibility index (Phi) is 7.22. The molecule has 6 nitrogen and oxygen atoms in total. The van der Waals surface area contributed by atoms with Gasteiger partial charge in [0, 0.05) is 12.7 Å². The second-order valence-corrected chi connectivity index (χ2v) is 8.88. The molecule has 0 saturated carbocycles. The Morgan fingerprint density at radius 2 is 1.78 bits per heavy atom. The first-order chi connectivity index (χ1) is 15.2. The highest BCUT2D eigenvalue weighted by molar-refractivity contribution is 7.90. The lowest BCUT2D eigenvalue weighted by atomic mass is 10.1. The second kappa shape index (κ2) is 9.88. The van der Waals surface area contributed by atoms with E-state index in [1.54, 1.807) is 0 Å². The van der Waals surface area contributed by atoms with Crippen molar-refractivity contribution in [2.24, 2.45) is 0 Å². The minimum Gasteiger partial charge on any atom is -0.507 e. The van der Waals surface area contributed by atoms with E-state index in [2.05, 4.69) is 0 Å². The van der Waals surface area contributed by atoms with E-state index in [4.69, 9.17) is 9.47 Å². The van der Waals surface area contributed by atoms with Crippen molar-refractivity contribution in [1.29, 1.82) is 0 Å². The van der Waals surface area contributed by atoms with E-state index >= 15 is 0 Å². The van der Waals surface area contributed by atoms with Gasteiger partial charge in [-0.2, -0.15) is 0 Å². The number of rotatable bonds is 8. The zero-order valence-electron chi connectivity index (χ0n) is 17.0. The van der Waals surface area contributed by atoms with Crippen LogP contribution in [0.25, 0.3) is 11.1 Å². The number of halogens is 2. The van der Waals surface area contributed by atoms with Crippen LogP contribution in [0.3, 0.4) is 0 Å². The number of methoxy groups -OCH3 is 1. The largest absolute Gasteiger partial charge is 0.507 e. The van der Waals surface area contributed by atoms with E-state index in [-0.39, 0.29) is 40.4 Å². The quantitative estimate of drug-likeness (QED) is 0.400. The highest BCUT2D eigenvalue weighted by atomic mass is 32.2. The summed E-state index contributed by atoms with van der Waals surface area (Å²) >= 11 is 0. The zero-order valence-corrected chi connectivity index (χ0v) is 17.9. The number of aromatic hydroxyl groups is 1. The maximum Gasteiger partial charge on any atom is 0.341 e. The number of sulfone groups is 1. The molecule has 0 aliphatic heterocycles. The van der Waals surface area contributed by atoms with E-state index in [9.17, 15) is 27.1 Å². The number of carbonyl (C=O) groups excluding carboxylic acids is 1. The fourth-order valence-electron chi connectivity index (χ4n) is 3.01. The van der Waals surface area contributed by atoms with Crippen molar-refractivity contribution in [1.82, 2.24) is 0 Å². The van der Waals surface area contributed by atoms with Crippen molar-refractivity contribution in [3.05, 3.63) is 83.4 Å². The number of phenols is 1. The van der Waals surface area contributed by atoms with Crippen molar-refractivity contribution < 1.29 is 36.6 Å². The van der Waals surface area contributed by atoms with Gasteiger partial charge in [-0.25, -0.2) is 22.0 Å². The summed E-state index contributed by atoms with van der Waals surface area (Å²) in [4.78, 5) is 11.9. The summed E-state index contributed by atoms with van der Waals surface area (Å²) < 4.78 is 63.1. The minimum atomic E-state index is -3.89. The number of hydrogen-bond donors (Lipinski definition) is 1. The lowest BCUT2D eigenvalue weighted by Crippen LogP contribution is -2.10. The predicted octanol–water partition coefficient (Wildman–Crippen LogP) is 4.11. The lowest BCUT2D eigenvalue weighted by Gasteiger charge is -2.10. The highest BCUT2D eigenvalue weighted by Crippen LogP contribution is 2.28. The van der Waals surface area contributed by atoms with Gasteiger partial charge in [-0.3, -0.25) is 0 Å². The molecule has 0 aliphatic carbocycles. The first kappa shape index (κ1) is 23.4. The maximum absolute atomic E-state index is 14.1. The van der Waals surface area contributed by atoms with Gasteiger partial charge in [0.05, 0.1) is 17.3 Å². The van der Waals surface area contributed by atoms with Crippen LogP contribution in [0.4, 0.5) is 8.78 Å². The number of phenolic OH excluding ortho intramolecular Hbond substituents is 1. The summed E-state index contributed by atoms with van der Waals surface area (Å²) in [5.41, 5.74) is 0.278. The first-order valence-corrected chi connectivity index (χ1v) is 11.1. The molecule has 0 fully saturated rings. The summed E-state index contributed by atoms with van der Waals surface area (Å²) in [5.74, 6) is -2.99. The molecule has 3 aromatic carbocycles. The normalized spacial score (nSPS) is 11.3. The Morgan fingerprint density at radius 3 is 2.50 bits per heavy atom. The van der Waals surface area contributed by atoms with Crippen LogP contribution in [0.2, 0.25) is 0 Å². The van der Waals surface area contributed by atoms with Crippen molar-refractivity contribution in [3.8, 4) is 16.9 Å². The Hall–Kier alpha value is -3.30. The summed E-state index contributed by atoms with van der Waals surface area (Å²) in [5, 5.41) is 10.1. The molecule has 0 saturated heterocycles. The van der Waals surface area contributed by atoms with Crippen LogP contribution in [0.15, 0.2) is 65.6 Å². The average molecular weight is 462 g/mol. The van der Waals surface area contributed by atoms with Gasteiger partial charge in [-0.15, -0.1) is 0 Å². The molecule has 3 rings (SSSR count). The fraction of sp³-hybridized carbons (Fsp3) is 0.174. The SMILES string of the molecule is COCCOC(=O)c1ccc(CS(=O)(=O)c2cccc(-c3cc(F)ccc3F)c2)cc1O. The van der Waals surface area contributed by atoms with Crippen molar-refractivity contribution >= 4 is 15.8 Å². The molecule has 0 aliphatic rings. The molecule has 0 aromatic heterocycles. The Bertz CT molecular complexity index is 1240. The van der Waals surface area contributed by atoms with Crippen LogP contribution in [0.5, 0.6) is 5.75 Å². The summed E-state index contributed by atoms with van der Waals surface area (Å²) in [7, 11) is -2.44. The molecule has 9 heteroatoms. The molecule has 0 unspecified atom stereocenters. The van der Waals surface area contributed by atoms with Crippen LogP contribution >= 0.6 is 0 Å². The molecule has 0 atom stereocenters. The van der Waals surface area contributed by atoms with Crippen LogP contribution in [0.1, 0.15) is 15.9 Å². The third kappa shape index (κ3) is 5.49. The van der Waals surface area contributed by atoms with Gasteiger partial charge in [0.15, 0.2) is 9.84 Å². The standard InChI is InChI=1S/C23H20F2O6S/c1-30-9-10-31-23(27)19-7-5-15(11-22(19)26)14-32(28,29)18-4-2-3-16(12-18)20-13-17(24)6-8-21(20)25/h2-8,11-13,26H,9-10,14H2,1H3. The van der Waals surface area contributed by atoms with Gasteiger partial charge in [0.25, 0.3) is 0 Å². The Balaban J connectivity index is 1.83. The van der Waals surface area contributed by atoms with Crippen molar-refractivity contribution in [3.63, 3.8) is 0 Å². The molecule has 0 radical (unpaired) electrons. The topological polar surface area (TPSA) is 89.9 Å². The number of carbonyl (C=O) groups is 1. The van der Waals surface area contributed by atoms with Crippen LogP contribution < -0.4 is 0 Å². The lowest BCUT2D eigenvalue weighted by molar-refractivity contribution is 0.0385. The Morgan fingerprint density at radius 1 is 1.00 bits per heavy atom. The third-order valence-corrected chi connectivity index (χ3v) is 6.28. The van der Waals surface area contributed by atoms with Gasteiger partial charge in [-0.05, 0) is 53.6 Å². The zero-order chi connectivity index (χ0) is 23.3. The van der Waals surface area contributed by atoms with E-state index < -0.39 is 38.9 Å². The molecule has 0 bridgehead atoms. The maximum atomic E-state index is 14.1. The van der Waals surface area contributed by atoms with E-state index in [1.165, 1.54) is 49.6 Å². The summed E-state index contributed by atoms with van der Waals surface area (Å²) in [6, 6.07) is 12.3. The van der Waals surface area contributed by atoms with Crippen LogP contribution in [0, 0.1) is 11.6 Å². The number of ether oxygens (including phenoxy) is 2. The van der Waals surface area contributed by atoms with Gasteiger partial charge in [-0.1, -0.05) is 18.2 Å². The first-order valence-electron chi connectivity index (χ1n) is 9.47. The fourth-order valence-corrected chi connectivity index (χ4v) is 4.39. The summed E-state index contributed by atoms with van der Waals surface area (Å²) in [6.07, 6.45) is 0. The van der Waals surface area contributed by atoms with E-state index in [1.807, 2.05) is 0 Å². The summed E-state index contributed by atoms with van der Waals surface area (Å²) in [6.45, 7) is 0.203. The molecule has 0 heterocycles. The van der Waals surface area contributed by atoms with Crippen molar-refractivity contribution in [2.45, 2.75) is 10.6 Å². The van der Waals surface area contributed by atoms with E-state index in [0.717, 1.165) is 18.2 Å². The van der Waals surface area contributed by atoms with Gasteiger partial charge in [0.2, 0.25) is 0 Å². The molecular weight excluding hydrogens is 442 g/mol. The average Bonchev–Trinajstić information content (AvgIpc) is 2.75. The monoisotopic (exact) mass is 462 g/mol. The molecule has 168 valence electrons. The molecular formula is C23H20F2O6S. The second-order valence-electron chi connectivity index (χ2n) is 6.89. The number of hydrogen-bond acceptors (Lipinski definition) is 6.